The van der Waals surface area contributed by atoms with Gasteiger partial charge < -0.3 is 9.84 Å². The summed E-state index contributed by atoms with van der Waals surface area (Å²) in [6, 6.07) is 7.37. The number of aryl methyl sites for hydroxylation is 3. The first-order valence-electron chi connectivity index (χ1n) is 7.31. The summed E-state index contributed by atoms with van der Waals surface area (Å²) in [7, 11) is 1.57. The van der Waals surface area contributed by atoms with Crippen LogP contribution in [0, 0.1) is 0 Å². The van der Waals surface area contributed by atoms with Crippen molar-refractivity contribution in [2.75, 3.05) is 13.7 Å². The molecule has 0 aliphatic rings. The molecule has 0 aliphatic carbocycles. The second-order valence-corrected chi connectivity index (χ2v) is 5.19. The van der Waals surface area contributed by atoms with Gasteiger partial charge in [-0.2, -0.15) is 18.3 Å². The molecule has 0 unspecified atom stereocenters. The van der Waals surface area contributed by atoms with E-state index in [0.29, 0.717) is 13.0 Å². The molecule has 2 rings (SSSR count). The number of nitrogens with zero attached hydrogens (tertiary/aromatic N) is 2. The Hall–Kier alpha value is -2.02. The molecular weight excluding hydrogens is 309 g/mol. The fraction of sp³-hybridized carbons (Fsp3) is 0.438. The van der Waals surface area contributed by atoms with E-state index in [9.17, 15) is 13.2 Å². The van der Waals surface area contributed by atoms with Gasteiger partial charge in [-0.05, 0) is 37.0 Å². The molecule has 2 aromatic rings. The van der Waals surface area contributed by atoms with Gasteiger partial charge in [-0.1, -0.05) is 12.1 Å². The molecule has 0 spiro atoms. The monoisotopic (exact) mass is 328 g/mol. The first-order chi connectivity index (χ1) is 10.9. The third-order valence-corrected chi connectivity index (χ3v) is 3.50. The SMILES string of the molecule is COc1ccc(CCn2cc(CCCO)c(C(F)(F)F)n2)cc1. The molecule has 7 heteroatoms. The molecule has 1 N–H and O–H groups in total. The molecule has 0 saturated heterocycles. The molecule has 0 fully saturated rings. The Morgan fingerprint density at radius 1 is 1.17 bits per heavy atom. The lowest BCUT2D eigenvalue weighted by atomic mass is 10.1. The zero-order valence-electron chi connectivity index (χ0n) is 12.8. The van der Waals surface area contributed by atoms with E-state index in [1.807, 2.05) is 24.3 Å². The molecule has 0 aliphatic heterocycles. The number of rotatable bonds is 7. The van der Waals surface area contributed by atoms with Gasteiger partial charge in [0.25, 0.3) is 0 Å². The number of halogens is 3. The number of methoxy groups -OCH3 is 1. The molecule has 23 heavy (non-hydrogen) atoms. The van der Waals surface area contributed by atoms with Gasteiger partial charge in [0.15, 0.2) is 5.69 Å². The second kappa shape index (κ2) is 7.50. The van der Waals surface area contributed by atoms with Gasteiger partial charge in [0.1, 0.15) is 5.75 Å². The van der Waals surface area contributed by atoms with Crippen LogP contribution < -0.4 is 4.74 Å². The highest BCUT2D eigenvalue weighted by Gasteiger charge is 2.36. The quantitative estimate of drug-likeness (QED) is 0.850. The lowest BCUT2D eigenvalue weighted by molar-refractivity contribution is -0.142. The van der Waals surface area contributed by atoms with Crippen molar-refractivity contribution in [1.29, 1.82) is 0 Å². The average Bonchev–Trinajstić information content (AvgIpc) is 2.95. The van der Waals surface area contributed by atoms with Crippen molar-refractivity contribution in [2.24, 2.45) is 0 Å². The van der Waals surface area contributed by atoms with Crippen molar-refractivity contribution in [2.45, 2.75) is 32.0 Å². The van der Waals surface area contributed by atoms with E-state index in [1.54, 1.807) is 7.11 Å². The van der Waals surface area contributed by atoms with Crippen LogP contribution >= 0.6 is 0 Å². The normalized spacial score (nSPS) is 11.7. The fourth-order valence-corrected chi connectivity index (χ4v) is 2.30. The third-order valence-electron chi connectivity index (χ3n) is 3.50. The number of benzene rings is 1. The van der Waals surface area contributed by atoms with Crippen molar-refractivity contribution < 1.29 is 23.0 Å². The van der Waals surface area contributed by atoms with Gasteiger partial charge in [0, 0.05) is 24.9 Å². The largest absolute Gasteiger partial charge is 0.497 e. The van der Waals surface area contributed by atoms with Gasteiger partial charge in [0.05, 0.1) is 7.11 Å². The van der Waals surface area contributed by atoms with Crippen molar-refractivity contribution in [3.63, 3.8) is 0 Å². The van der Waals surface area contributed by atoms with Crippen LogP contribution in [-0.4, -0.2) is 28.6 Å². The van der Waals surface area contributed by atoms with Gasteiger partial charge in [-0.15, -0.1) is 0 Å². The maximum Gasteiger partial charge on any atom is 0.435 e. The first-order valence-corrected chi connectivity index (χ1v) is 7.31. The molecule has 0 radical (unpaired) electrons. The minimum Gasteiger partial charge on any atom is -0.497 e. The highest BCUT2D eigenvalue weighted by atomic mass is 19.4. The molecule has 1 aromatic carbocycles. The van der Waals surface area contributed by atoms with Crippen LogP contribution in [0.4, 0.5) is 13.2 Å². The first kappa shape index (κ1) is 17.3. The van der Waals surface area contributed by atoms with Crippen LogP contribution in [0.2, 0.25) is 0 Å². The minimum absolute atomic E-state index is 0.126. The van der Waals surface area contributed by atoms with Crippen molar-refractivity contribution in [1.82, 2.24) is 9.78 Å². The lowest BCUT2D eigenvalue weighted by Gasteiger charge is -2.05. The molecule has 0 amide bonds. The summed E-state index contributed by atoms with van der Waals surface area (Å²) in [6.07, 6.45) is -2.04. The van der Waals surface area contributed by atoms with E-state index >= 15 is 0 Å². The number of hydrogen-bond donors (Lipinski definition) is 1. The summed E-state index contributed by atoms with van der Waals surface area (Å²) >= 11 is 0. The topological polar surface area (TPSA) is 47.3 Å². The van der Waals surface area contributed by atoms with Gasteiger partial charge in [0.2, 0.25) is 0 Å². The Morgan fingerprint density at radius 2 is 1.87 bits per heavy atom. The maximum absolute atomic E-state index is 13.0. The molecule has 0 bridgehead atoms. The molecule has 1 heterocycles. The smallest absolute Gasteiger partial charge is 0.435 e. The molecule has 0 saturated carbocycles. The van der Waals surface area contributed by atoms with Crippen LogP contribution in [0.3, 0.4) is 0 Å². The highest BCUT2D eigenvalue weighted by Crippen LogP contribution is 2.31. The Labute approximate surface area is 132 Å². The molecule has 4 nitrogen and oxygen atoms in total. The van der Waals surface area contributed by atoms with E-state index in [4.69, 9.17) is 9.84 Å². The Morgan fingerprint density at radius 3 is 2.43 bits per heavy atom. The van der Waals surface area contributed by atoms with Gasteiger partial charge in [-0.3, -0.25) is 4.68 Å². The van der Waals surface area contributed by atoms with Gasteiger partial charge in [-0.25, -0.2) is 0 Å². The lowest BCUT2D eigenvalue weighted by Crippen LogP contribution is -2.10. The summed E-state index contributed by atoms with van der Waals surface area (Å²) in [5.74, 6) is 0.735. The van der Waals surface area contributed by atoms with E-state index in [-0.39, 0.29) is 25.0 Å². The fourth-order valence-electron chi connectivity index (χ4n) is 2.30. The van der Waals surface area contributed by atoms with E-state index in [1.165, 1.54) is 10.9 Å². The number of ether oxygens (including phenoxy) is 1. The van der Waals surface area contributed by atoms with Crippen LogP contribution in [0.5, 0.6) is 5.75 Å². The second-order valence-electron chi connectivity index (χ2n) is 5.19. The van der Waals surface area contributed by atoms with Crippen LogP contribution in [0.1, 0.15) is 23.2 Å². The highest BCUT2D eigenvalue weighted by molar-refractivity contribution is 5.27. The number of aromatic nitrogens is 2. The third kappa shape index (κ3) is 4.72. The standard InChI is InChI=1S/C16H19F3N2O2/c1-23-14-6-4-12(5-7-14)8-9-21-11-13(3-2-10-22)15(20-21)16(17,18)19/h4-7,11,22H,2-3,8-10H2,1H3. The zero-order valence-corrected chi connectivity index (χ0v) is 12.8. The Bertz CT molecular complexity index is 621. The van der Waals surface area contributed by atoms with Gasteiger partial charge >= 0.3 is 6.18 Å². The number of aliphatic hydroxyl groups excluding tert-OH is 1. The van der Waals surface area contributed by atoms with Crippen molar-refractivity contribution in [3.8, 4) is 5.75 Å². The average molecular weight is 328 g/mol. The van der Waals surface area contributed by atoms with Crippen LogP contribution in [0.15, 0.2) is 30.5 Å². The summed E-state index contributed by atoms with van der Waals surface area (Å²) in [5.41, 5.74) is 0.258. The Kier molecular flexibility index (Phi) is 5.65. The zero-order chi connectivity index (χ0) is 16.9. The predicted molar refractivity (Wildman–Crippen MR) is 79.3 cm³/mol. The summed E-state index contributed by atoms with van der Waals surface area (Å²) < 4.78 is 45.3. The Balaban J connectivity index is 2.08. The van der Waals surface area contributed by atoms with Crippen LogP contribution in [-0.2, 0) is 25.6 Å². The maximum atomic E-state index is 13.0. The summed E-state index contributed by atoms with van der Waals surface area (Å²) in [4.78, 5) is 0. The van der Waals surface area contributed by atoms with E-state index < -0.39 is 11.9 Å². The summed E-state index contributed by atoms with van der Waals surface area (Å²) in [6.45, 7) is 0.211. The van der Waals surface area contributed by atoms with Crippen molar-refractivity contribution >= 4 is 0 Å². The molecule has 0 atom stereocenters. The minimum atomic E-state index is -4.48. The molecule has 126 valence electrons. The molecule has 1 aromatic heterocycles. The number of alkyl halides is 3. The summed E-state index contributed by atoms with van der Waals surface area (Å²) in [5, 5.41) is 12.5. The number of aliphatic hydroxyl groups is 1. The number of hydrogen-bond acceptors (Lipinski definition) is 3. The predicted octanol–water partition coefficient (Wildman–Crippen LogP) is 3.08. The van der Waals surface area contributed by atoms with Crippen LogP contribution in [0.25, 0.3) is 0 Å². The van der Waals surface area contributed by atoms with Crippen molar-refractivity contribution in [3.05, 3.63) is 47.3 Å². The van der Waals surface area contributed by atoms with E-state index in [0.717, 1.165) is 11.3 Å². The van der Waals surface area contributed by atoms with E-state index in [2.05, 4.69) is 5.10 Å². The molecular formula is C16H19F3N2O2.